The summed E-state index contributed by atoms with van der Waals surface area (Å²) >= 11 is 6.69. The lowest BCUT2D eigenvalue weighted by molar-refractivity contribution is -0.154. The van der Waals surface area contributed by atoms with Crippen LogP contribution in [-0.2, 0) is 30.2 Å². The molecule has 3 aromatic rings. The summed E-state index contributed by atoms with van der Waals surface area (Å²) in [6.07, 6.45) is -3.87. The number of nitrogens with one attached hydrogen (secondary N) is 3. The predicted octanol–water partition coefficient (Wildman–Crippen LogP) is 1.30. The zero-order chi connectivity index (χ0) is 30.5. The van der Waals surface area contributed by atoms with Crippen molar-refractivity contribution < 1.29 is 38.8 Å². The number of aliphatic hydroxyl groups is 1. The fourth-order valence-electron chi connectivity index (χ4n) is 4.62. The van der Waals surface area contributed by atoms with Gasteiger partial charge in [0.05, 0.1) is 6.61 Å². The average Bonchev–Trinajstić information content (AvgIpc) is 3.56. The van der Waals surface area contributed by atoms with E-state index in [1.165, 1.54) is 0 Å². The summed E-state index contributed by atoms with van der Waals surface area (Å²) in [4.78, 5) is 45.2. The summed E-state index contributed by atoms with van der Waals surface area (Å²) in [5.74, 6) is -2.41. The third-order valence-corrected chi connectivity index (χ3v) is 7.01. The maximum Gasteiger partial charge on any atom is 0.328 e. The van der Waals surface area contributed by atoms with E-state index >= 15 is 0 Å². The van der Waals surface area contributed by atoms with Crippen molar-refractivity contribution in [1.29, 1.82) is 0 Å². The number of nitrogen functional groups attached to an aromatic ring is 1. The quantitative estimate of drug-likeness (QED) is 0.179. The molecule has 5 rings (SSSR count). The predicted molar refractivity (Wildman–Crippen MR) is 153 cm³/mol. The number of urea groups is 1. The van der Waals surface area contributed by atoms with Crippen molar-refractivity contribution in [3.63, 3.8) is 0 Å². The van der Waals surface area contributed by atoms with Crippen LogP contribution in [0.1, 0.15) is 5.56 Å². The monoisotopic (exact) mass is 613 g/mol. The Morgan fingerprint density at radius 3 is 2.33 bits per heavy atom. The van der Waals surface area contributed by atoms with Crippen molar-refractivity contribution >= 4 is 52.7 Å². The topological polar surface area (TPSA) is 210 Å². The van der Waals surface area contributed by atoms with Gasteiger partial charge in [0.15, 0.2) is 30.3 Å². The summed E-state index contributed by atoms with van der Waals surface area (Å²) in [5.41, 5.74) is 7.61. The summed E-state index contributed by atoms with van der Waals surface area (Å²) in [6, 6.07) is 15.9. The Hall–Kier alpha value is -4.54. The van der Waals surface area contributed by atoms with Gasteiger partial charge in [0, 0.05) is 23.9 Å². The number of anilines is 4. The number of carbonyl (C=O) groups excluding carboxylic acids is 2. The van der Waals surface area contributed by atoms with E-state index in [0.29, 0.717) is 12.1 Å². The first kappa shape index (κ1) is 29.9. The molecule has 15 nitrogen and oxygen atoms in total. The first-order valence-corrected chi connectivity index (χ1v) is 13.4. The van der Waals surface area contributed by atoms with Gasteiger partial charge in [0.25, 0.3) is 5.91 Å². The summed E-state index contributed by atoms with van der Waals surface area (Å²) in [6.45, 7) is -0.841. The second-order valence-electron chi connectivity index (χ2n) is 9.57. The fourth-order valence-corrected chi connectivity index (χ4v) is 4.91. The van der Waals surface area contributed by atoms with Gasteiger partial charge in [0.2, 0.25) is 0 Å². The number of carbonyl (C=O) groups is 3. The third kappa shape index (κ3) is 6.76. The Bertz CT molecular complexity index is 1450. The number of hydrogen-bond acceptors (Lipinski definition) is 11. The van der Waals surface area contributed by atoms with E-state index in [2.05, 4.69) is 25.9 Å². The zero-order valence-corrected chi connectivity index (χ0v) is 23.1. The van der Waals surface area contributed by atoms with Gasteiger partial charge < -0.3 is 40.8 Å². The maximum atomic E-state index is 13.1. The average molecular weight is 614 g/mol. The van der Waals surface area contributed by atoms with Crippen LogP contribution in [0.25, 0.3) is 0 Å². The van der Waals surface area contributed by atoms with Crippen LogP contribution in [0, 0.1) is 0 Å². The van der Waals surface area contributed by atoms with E-state index in [1.807, 2.05) is 30.3 Å². The molecule has 7 N–H and O–H groups in total. The molecule has 226 valence electrons. The van der Waals surface area contributed by atoms with Crippen LogP contribution >= 0.6 is 11.8 Å². The minimum Gasteiger partial charge on any atom is -0.480 e. The summed E-state index contributed by atoms with van der Waals surface area (Å²) in [7, 11) is 0. The van der Waals surface area contributed by atoms with Gasteiger partial charge in [-0.3, -0.25) is 10.1 Å². The highest BCUT2D eigenvalue weighted by Crippen LogP contribution is 2.40. The minimum absolute atomic E-state index is 0.0503. The van der Waals surface area contributed by atoms with Gasteiger partial charge >= 0.3 is 12.0 Å². The second kappa shape index (κ2) is 13.2. The molecule has 3 heterocycles. The van der Waals surface area contributed by atoms with Gasteiger partial charge in [0.1, 0.15) is 30.3 Å². The van der Waals surface area contributed by atoms with E-state index in [0.717, 1.165) is 16.3 Å². The van der Waals surface area contributed by atoms with Crippen molar-refractivity contribution in [1.82, 2.24) is 15.3 Å². The standard InChI is InChI=1S/C27H28ClN7O8/c28-35(23-18(29)22(30-13-31-23)34-27(40)32-15-9-5-2-6-10-15)25-21-19(20(43-25)24(37)33-16(12-36)26(38)39)41-17(42-21)11-14-7-3-1-4-8-14/h1-10,13,16-17,19-21,25,36H,11-12,29H2,(H,33,37)(H,38,39)(H2,30,31,32,34,40). The van der Waals surface area contributed by atoms with Gasteiger partial charge in [-0.15, -0.1) is 0 Å². The number of hydrogen-bond donors (Lipinski definition) is 6. The molecule has 0 aliphatic carbocycles. The molecule has 2 fully saturated rings. The van der Waals surface area contributed by atoms with E-state index < -0.39 is 61.4 Å². The molecule has 16 heteroatoms. The highest BCUT2D eigenvalue weighted by Gasteiger charge is 2.57. The van der Waals surface area contributed by atoms with Crippen LogP contribution in [0.15, 0.2) is 67.0 Å². The molecular weight excluding hydrogens is 586 g/mol. The Morgan fingerprint density at radius 2 is 1.65 bits per heavy atom. The van der Waals surface area contributed by atoms with Crippen molar-refractivity contribution in [2.75, 3.05) is 27.4 Å². The maximum absolute atomic E-state index is 13.1. The molecule has 0 bridgehead atoms. The number of aliphatic carboxylic acids is 1. The SMILES string of the molecule is Nc1c(NC(=O)Nc2ccccc2)ncnc1N(Cl)C1OC(C(=O)NC(CO)C(=O)O)C2OC(Cc3ccccc3)OC21. The van der Waals surface area contributed by atoms with Gasteiger partial charge in [-0.05, 0) is 17.7 Å². The molecule has 2 aromatic carbocycles. The molecule has 2 saturated heterocycles. The first-order chi connectivity index (χ1) is 20.7. The highest BCUT2D eigenvalue weighted by molar-refractivity contribution is 6.26. The van der Waals surface area contributed by atoms with E-state index in [9.17, 15) is 24.6 Å². The molecule has 1 aromatic heterocycles. The first-order valence-electron chi connectivity index (χ1n) is 13.1. The lowest BCUT2D eigenvalue weighted by Gasteiger charge is -2.27. The number of fused-ring (bicyclic) bond motifs is 1. The molecule has 2 aliphatic rings. The Kier molecular flexibility index (Phi) is 9.18. The molecule has 0 radical (unpaired) electrons. The van der Waals surface area contributed by atoms with Crippen LogP contribution in [0.3, 0.4) is 0 Å². The molecule has 43 heavy (non-hydrogen) atoms. The van der Waals surface area contributed by atoms with E-state index in [1.54, 1.807) is 30.3 Å². The van der Waals surface area contributed by atoms with Crippen molar-refractivity contribution in [3.05, 3.63) is 72.6 Å². The zero-order valence-electron chi connectivity index (χ0n) is 22.4. The van der Waals surface area contributed by atoms with Crippen molar-refractivity contribution in [3.8, 4) is 0 Å². The molecule has 6 unspecified atom stereocenters. The number of para-hydroxylation sites is 1. The smallest absolute Gasteiger partial charge is 0.328 e. The number of amides is 3. The molecule has 2 aliphatic heterocycles. The number of nitrogens with zero attached hydrogens (tertiary/aromatic N) is 3. The third-order valence-electron chi connectivity index (χ3n) is 6.66. The minimum atomic E-state index is -1.57. The van der Waals surface area contributed by atoms with Gasteiger partial charge in [-0.25, -0.2) is 24.0 Å². The van der Waals surface area contributed by atoms with Crippen LogP contribution in [-0.4, -0.2) is 81.6 Å². The number of aromatic nitrogens is 2. The van der Waals surface area contributed by atoms with Crippen molar-refractivity contribution in [2.45, 2.75) is 43.3 Å². The highest BCUT2D eigenvalue weighted by atomic mass is 35.5. The van der Waals surface area contributed by atoms with Crippen LogP contribution in [0.2, 0.25) is 0 Å². The fraction of sp³-hybridized carbons (Fsp3) is 0.296. The largest absolute Gasteiger partial charge is 0.480 e. The number of carboxylic acid groups (broad SMARTS) is 1. The van der Waals surface area contributed by atoms with Crippen LogP contribution in [0.4, 0.5) is 27.8 Å². The normalized spacial score (nSPS) is 23.2. The Morgan fingerprint density at radius 1 is 0.977 bits per heavy atom. The van der Waals surface area contributed by atoms with Gasteiger partial charge in [-0.2, -0.15) is 0 Å². The van der Waals surface area contributed by atoms with Gasteiger partial charge in [-0.1, -0.05) is 48.5 Å². The number of ether oxygens (including phenoxy) is 3. The number of benzene rings is 2. The Labute approximate surface area is 250 Å². The number of carboxylic acids is 1. The second-order valence-corrected chi connectivity index (χ2v) is 9.93. The van der Waals surface area contributed by atoms with E-state index in [4.69, 9.17) is 31.7 Å². The number of halogens is 1. The molecule has 3 amide bonds. The molecular formula is C27H28ClN7O8. The molecule has 6 atom stereocenters. The molecule has 0 spiro atoms. The van der Waals surface area contributed by atoms with Crippen LogP contribution in [0.5, 0.6) is 0 Å². The number of nitrogens with two attached hydrogens (primary N) is 1. The Balaban J connectivity index is 1.36. The number of aliphatic hydroxyl groups excluding tert-OH is 1. The summed E-state index contributed by atoms with van der Waals surface area (Å²) in [5, 5.41) is 26.1. The van der Waals surface area contributed by atoms with Crippen molar-refractivity contribution in [2.24, 2.45) is 0 Å². The lowest BCUT2D eigenvalue weighted by atomic mass is 10.1. The van der Waals surface area contributed by atoms with Crippen LogP contribution < -0.4 is 26.1 Å². The molecule has 0 saturated carbocycles. The lowest BCUT2D eigenvalue weighted by Crippen LogP contribution is -2.50. The summed E-state index contributed by atoms with van der Waals surface area (Å²) < 4.78 is 19.1. The van der Waals surface area contributed by atoms with E-state index in [-0.39, 0.29) is 17.3 Å². The number of rotatable bonds is 10.